The van der Waals surface area contributed by atoms with Gasteiger partial charge in [-0.05, 0) is 0 Å². The van der Waals surface area contributed by atoms with E-state index in [4.69, 9.17) is 15.3 Å². The van der Waals surface area contributed by atoms with E-state index >= 15 is 0 Å². The highest BCUT2D eigenvalue weighted by Crippen LogP contribution is 2.27. The van der Waals surface area contributed by atoms with Crippen LogP contribution in [-0.2, 0) is 0 Å². The van der Waals surface area contributed by atoms with E-state index in [-0.39, 0.29) is 11.4 Å². The van der Waals surface area contributed by atoms with Crippen LogP contribution in [0.4, 0.5) is 5.69 Å². The van der Waals surface area contributed by atoms with Crippen LogP contribution in [0, 0.1) is 0 Å². The summed E-state index contributed by atoms with van der Waals surface area (Å²) in [6.45, 7) is 0. The molecule has 62 valence electrons. The average Bonchev–Trinajstić information content (AvgIpc) is 2.30. The van der Waals surface area contributed by atoms with Crippen molar-refractivity contribution in [2.75, 3.05) is 5.73 Å². The smallest absolute Gasteiger partial charge is 0.396 e. The van der Waals surface area contributed by atoms with Gasteiger partial charge in [0, 0.05) is 12.1 Å². The van der Waals surface area contributed by atoms with Crippen molar-refractivity contribution in [3.63, 3.8) is 0 Å². The van der Waals surface area contributed by atoms with E-state index in [0.717, 1.165) is 11.3 Å². The van der Waals surface area contributed by atoms with Gasteiger partial charge in [0.15, 0.2) is 5.58 Å². The van der Waals surface area contributed by atoms with Gasteiger partial charge in [-0.15, -0.1) is 0 Å². The number of aromatic hydroxyl groups is 1. The van der Waals surface area contributed by atoms with Crippen LogP contribution >= 0.6 is 11.3 Å². The van der Waals surface area contributed by atoms with Gasteiger partial charge in [0.05, 0.1) is 10.4 Å². The number of rotatable bonds is 0. The summed E-state index contributed by atoms with van der Waals surface area (Å²) in [6, 6.07) is 2.85. The molecule has 3 N–H and O–H groups in total. The quantitative estimate of drug-likeness (QED) is 0.474. The number of phenols is 1. The van der Waals surface area contributed by atoms with Crippen molar-refractivity contribution < 1.29 is 9.52 Å². The molecule has 5 heteroatoms. The van der Waals surface area contributed by atoms with Crippen LogP contribution in [0.15, 0.2) is 21.3 Å². The minimum absolute atomic E-state index is 0.0282. The normalized spacial score (nSPS) is 10.7. The van der Waals surface area contributed by atoms with Crippen molar-refractivity contribution in [2.24, 2.45) is 0 Å². The van der Waals surface area contributed by atoms with Crippen molar-refractivity contribution in [1.82, 2.24) is 0 Å². The van der Waals surface area contributed by atoms with Gasteiger partial charge in [0.25, 0.3) is 0 Å². The van der Waals surface area contributed by atoms with Crippen LogP contribution in [0.5, 0.6) is 5.75 Å². The summed E-state index contributed by atoms with van der Waals surface area (Å²) in [6.07, 6.45) is 0. The Hall–Kier alpha value is -1.49. The molecule has 0 spiro atoms. The fourth-order valence-corrected chi connectivity index (χ4v) is 1.61. The molecule has 0 saturated carbocycles. The van der Waals surface area contributed by atoms with E-state index in [1.54, 1.807) is 0 Å². The zero-order valence-electron chi connectivity index (χ0n) is 5.90. The van der Waals surface area contributed by atoms with Crippen LogP contribution in [0.1, 0.15) is 0 Å². The highest BCUT2D eigenvalue weighted by atomic mass is 32.1. The summed E-state index contributed by atoms with van der Waals surface area (Å²) < 4.78 is 5.38. The molecule has 1 aromatic heterocycles. The number of hydrogen-bond acceptors (Lipinski definition) is 5. The van der Waals surface area contributed by atoms with E-state index < -0.39 is 4.94 Å². The van der Waals surface area contributed by atoms with Crippen molar-refractivity contribution >= 4 is 27.3 Å². The Morgan fingerprint density at radius 2 is 2.25 bits per heavy atom. The standard InChI is InChI=1S/C7H5NO3S/c8-3-1-5-6(2-4(3)9)12-7(10)11-5/h1-2,9H,8H2. The summed E-state index contributed by atoms with van der Waals surface area (Å²) in [5.74, 6) is -0.0282. The second-order valence-electron chi connectivity index (χ2n) is 2.31. The predicted molar refractivity (Wildman–Crippen MR) is 46.4 cm³/mol. The van der Waals surface area contributed by atoms with Gasteiger partial charge in [-0.25, -0.2) is 4.79 Å². The van der Waals surface area contributed by atoms with Crippen LogP contribution in [0.2, 0.25) is 0 Å². The topological polar surface area (TPSA) is 76.5 Å². The monoisotopic (exact) mass is 183 g/mol. The maximum Gasteiger partial charge on any atom is 0.396 e. The van der Waals surface area contributed by atoms with Gasteiger partial charge < -0.3 is 15.3 Å². The molecule has 0 radical (unpaired) electrons. The van der Waals surface area contributed by atoms with Crippen molar-refractivity contribution in [1.29, 1.82) is 0 Å². The third-order valence-electron chi connectivity index (χ3n) is 1.48. The Morgan fingerprint density at radius 3 is 3.00 bits per heavy atom. The van der Waals surface area contributed by atoms with Crippen molar-refractivity contribution in [2.45, 2.75) is 0 Å². The van der Waals surface area contributed by atoms with Crippen LogP contribution in [0.25, 0.3) is 10.3 Å². The molecule has 0 bridgehead atoms. The highest BCUT2D eigenvalue weighted by Gasteiger charge is 2.05. The highest BCUT2D eigenvalue weighted by molar-refractivity contribution is 7.16. The van der Waals surface area contributed by atoms with Gasteiger partial charge in [0.1, 0.15) is 5.75 Å². The van der Waals surface area contributed by atoms with Gasteiger partial charge in [-0.1, -0.05) is 11.3 Å². The Morgan fingerprint density at radius 1 is 1.50 bits per heavy atom. The molecule has 0 aliphatic rings. The molecule has 1 heterocycles. The third-order valence-corrected chi connectivity index (χ3v) is 2.27. The first kappa shape index (κ1) is 7.17. The lowest BCUT2D eigenvalue weighted by atomic mass is 10.3. The molecule has 2 aromatic rings. The van der Waals surface area contributed by atoms with E-state index in [1.165, 1.54) is 12.1 Å². The second-order valence-corrected chi connectivity index (χ2v) is 3.29. The van der Waals surface area contributed by atoms with Crippen LogP contribution < -0.4 is 10.7 Å². The minimum Gasteiger partial charge on any atom is -0.506 e. The molecule has 0 aliphatic carbocycles. The summed E-state index contributed by atoms with van der Waals surface area (Å²) in [4.78, 5) is 10.3. The Labute approximate surface area is 70.9 Å². The molecule has 0 unspecified atom stereocenters. The number of hydrogen-bond donors (Lipinski definition) is 2. The maximum absolute atomic E-state index is 10.7. The first-order valence-corrected chi connectivity index (χ1v) is 4.00. The van der Waals surface area contributed by atoms with Gasteiger partial charge >= 0.3 is 4.94 Å². The number of anilines is 1. The molecule has 0 amide bonds. The van der Waals surface area contributed by atoms with E-state index in [2.05, 4.69) is 0 Å². The lowest BCUT2D eigenvalue weighted by molar-refractivity contribution is 0.478. The number of benzene rings is 1. The first-order valence-electron chi connectivity index (χ1n) is 3.19. The Bertz CT molecular complexity index is 443. The number of nitrogen functional groups attached to an aromatic ring is 1. The van der Waals surface area contributed by atoms with E-state index in [9.17, 15) is 4.79 Å². The van der Waals surface area contributed by atoms with Crippen molar-refractivity contribution in [3.05, 3.63) is 21.9 Å². The fourth-order valence-electron chi connectivity index (χ4n) is 0.925. The molecule has 12 heavy (non-hydrogen) atoms. The van der Waals surface area contributed by atoms with E-state index in [1.807, 2.05) is 0 Å². The van der Waals surface area contributed by atoms with Crippen LogP contribution in [0.3, 0.4) is 0 Å². The lowest BCUT2D eigenvalue weighted by Crippen LogP contribution is -1.83. The zero-order chi connectivity index (χ0) is 8.72. The summed E-state index contributed by atoms with van der Waals surface area (Å²) in [7, 11) is 0. The van der Waals surface area contributed by atoms with E-state index in [0.29, 0.717) is 10.3 Å². The largest absolute Gasteiger partial charge is 0.506 e. The molecule has 0 fully saturated rings. The maximum atomic E-state index is 10.7. The Kier molecular flexibility index (Phi) is 1.34. The number of fused-ring (bicyclic) bond motifs is 1. The summed E-state index contributed by atoms with van der Waals surface area (Å²) in [5, 5.41) is 9.16. The van der Waals surface area contributed by atoms with Gasteiger partial charge in [-0.2, -0.15) is 0 Å². The summed E-state index contributed by atoms with van der Waals surface area (Å²) in [5.41, 5.74) is 6.02. The van der Waals surface area contributed by atoms with Gasteiger partial charge in [0.2, 0.25) is 0 Å². The molecular weight excluding hydrogens is 178 g/mol. The third kappa shape index (κ3) is 0.947. The number of phenolic OH excluding ortho intramolecular Hbond substituents is 1. The SMILES string of the molecule is Nc1cc2oc(=O)sc2cc1O. The molecule has 0 atom stereocenters. The molecule has 0 aliphatic heterocycles. The van der Waals surface area contributed by atoms with Crippen LogP contribution in [-0.4, -0.2) is 5.11 Å². The molecule has 0 saturated heterocycles. The predicted octanol–water partition coefficient (Wildman–Crippen LogP) is 1.14. The molecule has 2 rings (SSSR count). The zero-order valence-corrected chi connectivity index (χ0v) is 6.72. The lowest BCUT2D eigenvalue weighted by Gasteiger charge is -1.95. The first-order chi connectivity index (χ1) is 5.66. The van der Waals surface area contributed by atoms with Gasteiger partial charge in [-0.3, -0.25) is 0 Å². The molecular formula is C7H5NO3S. The Balaban J connectivity index is 2.92. The second kappa shape index (κ2) is 2.25. The molecule has 1 aromatic carbocycles. The minimum atomic E-state index is -0.394. The average molecular weight is 183 g/mol. The molecule has 4 nitrogen and oxygen atoms in total. The number of nitrogens with two attached hydrogens (primary N) is 1. The summed E-state index contributed by atoms with van der Waals surface area (Å²) >= 11 is 0.937. The van der Waals surface area contributed by atoms with Crippen molar-refractivity contribution in [3.8, 4) is 5.75 Å². The fraction of sp³-hybridized carbons (Fsp3) is 0.